The van der Waals surface area contributed by atoms with Crippen LogP contribution in [0.15, 0.2) is 47.4 Å². The van der Waals surface area contributed by atoms with Crippen LogP contribution in [0, 0.1) is 6.92 Å². The van der Waals surface area contributed by atoms with Gasteiger partial charge in [0.2, 0.25) is 0 Å². The van der Waals surface area contributed by atoms with E-state index in [0.29, 0.717) is 0 Å². The first-order valence-corrected chi connectivity index (χ1v) is 6.75. The monoisotopic (exact) mass is 263 g/mol. The van der Waals surface area contributed by atoms with Crippen molar-refractivity contribution in [3.8, 4) is 0 Å². The molecule has 0 atom stereocenters. The highest BCUT2D eigenvalue weighted by Gasteiger charge is 2.03. The normalized spacial score (nSPS) is 10.5. The molecule has 0 saturated heterocycles. The highest BCUT2D eigenvalue weighted by molar-refractivity contribution is 7.98. The van der Waals surface area contributed by atoms with E-state index in [4.69, 9.17) is 17.3 Å². The highest BCUT2D eigenvalue weighted by Crippen LogP contribution is 2.30. The van der Waals surface area contributed by atoms with Gasteiger partial charge in [-0.3, -0.25) is 0 Å². The minimum Gasteiger partial charge on any atom is -0.398 e. The van der Waals surface area contributed by atoms with Crippen LogP contribution in [0.3, 0.4) is 0 Å². The molecular weight excluding hydrogens is 250 g/mol. The Morgan fingerprint density at radius 2 is 1.94 bits per heavy atom. The van der Waals surface area contributed by atoms with Crippen LogP contribution in [0.1, 0.15) is 11.1 Å². The lowest BCUT2D eigenvalue weighted by molar-refractivity contribution is 1.35. The van der Waals surface area contributed by atoms with Crippen molar-refractivity contribution in [3.63, 3.8) is 0 Å². The van der Waals surface area contributed by atoms with Crippen LogP contribution >= 0.6 is 23.4 Å². The van der Waals surface area contributed by atoms with Gasteiger partial charge in [-0.05, 0) is 36.2 Å². The summed E-state index contributed by atoms with van der Waals surface area (Å²) >= 11 is 7.82. The van der Waals surface area contributed by atoms with Crippen LogP contribution in [-0.2, 0) is 5.75 Å². The van der Waals surface area contributed by atoms with Gasteiger partial charge in [-0.2, -0.15) is 0 Å². The van der Waals surface area contributed by atoms with Crippen molar-refractivity contribution in [1.82, 2.24) is 0 Å². The van der Waals surface area contributed by atoms with E-state index in [-0.39, 0.29) is 0 Å². The first-order chi connectivity index (χ1) is 8.16. The molecule has 0 fully saturated rings. The number of halogens is 1. The zero-order valence-corrected chi connectivity index (χ0v) is 11.2. The smallest absolute Gasteiger partial charge is 0.0454 e. The van der Waals surface area contributed by atoms with Crippen LogP contribution in [0.4, 0.5) is 5.69 Å². The molecule has 0 aliphatic carbocycles. The summed E-state index contributed by atoms with van der Waals surface area (Å²) in [6.45, 7) is 2.04. The minimum atomic E-state index is 0.811. The molecule has 2 aromatic rings. The molecule has 0 aliphatic rings. The third kappa shape index (κ3) is 3.18. The highest BCUT2D eigenvalue weighted by atomic mass is 35.5. The van der Waals surface area contributed by atoms with Gasteiger partial charge in [-0.25, -0.2) is 0 Å². The number of hydrogen-bond donors (Lipinski definition) is 1. The van der Waals surface area contributed by atoms with Crippen molar-refractivity contribution in [2.45, 2.75) is 17.6 Å². The molecule has 0 aromatic heterocycles. The maximum atomic E-state index is 6.11. The molecule has 0 saturated carbocycles. The Morgan fingerprint density at radius 3 is 2.65 bits per heavy atom. The fourth-order valence-corrected chi connectivity index (χ4v) is 2.80. The zero-order chi connectivity index (χ0) is 12.3. The number of rotatable bonds is 3. The van der Waals surface area contributed by atoms with Crippen molar-refractivity contribution < 1.29 is 0 Å². The van der Waals surface area contributed by atoms with Crippen LogP contribution < -0.4 is 5.73 Å². The van der Waals surface area contributed by atoms with Crippen LogP contribution in [0.2, 0.25) is 5.02 Å². The SMILES string of the molecule is Cc1ccc(SCc2ccccc2Cl)c(N)c1. The Labute approximate surface area is 111 Å². The molecule has 17 heavy (non-hydrogen) atoms. The van der Waals surface area contributed by atoms with Crippen molar-refractivity contribution in [2.75, 3.05) is 5.73 Å². The van der Waals surface area contributed by atoms with Crippen LogP contribution in [0.25, 0.3) is 0 Å². The summed E-state index contributed by atoms with van der Waals surface area (Å²) in [5.74, 6) is 0.840. The summed E-state index contributed by atoms with van der Waals surface area (Å²) in [6, 6.07) is 14.0. The van der Waals surface area contributed by atoms with E-state index in [9.17, 15) is 0 Å². The lowest BCUT2D eigenvalue weighted by Gasteiger charge is -2.07. The van der Waals surface area contributed by atoms with Crippen LogP contribution in [-0.4, -0.2) is 0 Å². The first-order valence-electron chi connectivity index (χ1n) is 5.39. The lowest BCUT2D eigenvalue weighted by atomic mass is 10.2. The molecule has 2 aromatic carbocycles. The average molecular weight is 264 g/mol. The molecular formula is C14H14ClNS. The third-order valence-corrected chi connectivity index (χ3v) is 4.01. The molecule has 0 spiro atoms. The third-order valence-electron chi connectivity index (χ3n) is 2.51. The lowest BCUT2D eigenvalue weighted by Crippen LogP contribution is -1.90. The molecule has 0 unspecified atom stereocenters. The van der Waals surface area contributed by atoms with Gasteiger partial charge in [0.1, 0.15) is 0 Å². The van der Waals surface area contributed by atoms with Gasteiger partial charge in [-0.15, -0.1) is 11.8 Å². The molecule has 3 heteroatoms. The Bertz CT molecular complexity index is 525. The van der Waals surface area contributed by atoms with E-state index in [0.717, 1.165) is 26.9 Å². The van der Waals surface area contributed by atoms with Crippen LogP contribution in [0.5, 0.6) is 0 Å². The largest absolute Gasteiger partial charge is 0.398 e. The van der Waals surface area contributed by atoms with E-state index in [2.05, 4.69) is 12.1 Å². The Balaban J connectivity index is 2.10. The van der Waals surface area contributed by atoms with Crippen molar-refractivity contribution in [3.05, 3.63) is 58.6 Å². The van der Waals surface area contributed by atoms with Gasteiger partial charge in [0.15, 0.2) is 0 Å². The van der Waals surface area contributed by atoms with E-state index in [1.807, 2.05) is 37.3 Å². The molecule has 0 heterocycles. The van der Waals surface area contributed by atoms with Gasteiger partial charge in [0.05, 0.1) is 0 Å². The number of hydrogen-bond acceptors (Lipinski definition) is 2. The number of aryl methyl sites for hydroxylation is 1. The van der Waals surface area contributed by atoms with Crippen molar-refractivity contribution in [2.24, 2.45) is 0 Å². The summed E-state index contributed by atoms with van der Waals surface area (Å²) < 4.78 is 0. The summed E-state index contributed by atoms with van der Waals surface area (Å²) in [4.78, 5) is 1.11. The molecule has 88 valence electrons. The summed E-state index contributed by atoms with van der Waals surface area (Å²) in [7, 11) is 0. The predicted octanol–water partition coefficient (Wildman–Crippen LogP) is 4.52. The molecule has 0 aliphatic heterocycles. The quantitative estimate of drug-likeness (QED) is 0.651. The van der Waals surface area contributed by atoms with E-state index >= 15 is 0 Å². The second kappa shape index (κ2) is 5.48. The van der Waals surface area contributed by atoms with E-state index < -0.39 is 0 Å². The van der Waals surface area contributed by atoms with Crippen molar-refractivity contribution >= 4 is 29.1 Å². The molecule has 0 bridgehead atoms. The number of thioether (sulfide) groups is 1. The van der Waals surface area contributed by atoms with E-state index in [1.54, 1.807) is 11.8 Å². The molecule has 2 rings (SSSR count). The first kappa shape index (κ1) is 12.3. The standard InChI is InChI=1S/C14H14ClNS/c1-10-6-7-14(13(16)8-10)17-9-11-4-2-3-5-12(11)15/h2-8H,9,16H2,1H3. The van der Waals surface area contributed by atoms with Gasteiger partial charge in [0, 0.05) is 21.4 Å². The summed E-state index contributed by atoms with van der Waals surface area (Å²) in [5.41, 5.74) is 9.13. The number of nitrogens with two attached hydrogens (primary N) is 1. The fourth-order valence-electron chi connectivity index (χ4n) is 1.57. The maximum Gasteiger partial charge on any atom is 0.0454 e. The Morgan fingerprint density at radius 1 is 1.18 bits per heavy atom. The molecule has 0 amide bonds. The predicted molar refractivity (Wildman–Crippen MR) is 76.6 cm³/mol. The van der Waals surface area contributed by atoms with Crippen molar-refractivity contribution in [1.29, 1.82) is 0 Å². The number of nitrogen functional groups attached to an aromatic ring is 1. The number of anilines is 1. The topological polar surface area (TPSA) is 26.0 Å². The van der Waals surface area contributed by atoms with Gasteiger partial charge < -0.3 is 5.73 Å². The van der Waals surface area contributed by atoms with Gasteiger partial charge >= 0.3 is 0 Å². The molecule has 0 radical (unpaired) electrons. The van der Waals surface area contributed by atoms with Gasteiger partial charge in [0.25, 0.3) is 0 Å². The summed E-state index contributed by atoms with van der Waals surface area (Å²) in [5, 5.41) is 0.811. The minimum absolute atomic E-state index is 0.811. The van der Waals surface area contributed by atoms with Gasteiger partial charge in [-0.1, -0.05) is 35.9 Å². The van der Waals surface area contributed by atoms with E-state index in [1.165, 1.54) is 5.56 Å². The average Bonchev–Trinajstić information content (AvgIpc) is 2.30. The summed E-state index contributed by atoms with van der Waals surface area (Å²) in [6.07, 6.45) is 0. The molecule has 1 nitrogen and oxygen atoms in total. The molecule has 2 N–H and O–H groups in total. The Kier molecular flexibility index (Phi) is 3.97. The Hall–Kier alpha value is -1.12. The number of benzene rings is 2. The fraction of sp³-hybridized carbons (Fsp3) is 0.143. The maximum absolute atomic E-state index is 6.11. The zero-order valence-electron chi connectivity index (χ0n) is 9.61. The second-order valence-corrected chi connectivity index (χ2v) is 5.35. The second-order valence-electron chi connectivity index (χ2n) is 3.92.